The van der Waals surface area contributed by atoms with Gasteiger partial charge in [0.15, 0.2) is 11.6 Å². The maximum Gasteiger partial charge on any atom is 0.200 e. The van der Waals surface area contributed by atoms with E-state index in [1.165, 1.54) is 11.6 Å². The molecule has 0 spiro atoms. The molecule has 0 bridgehead atoms. The summed E-state index contributed by atoms with van der Waals surface area (Å²) in [6.45, 7) is 10.4. The van der Waals surface area contributed by atoms with Crippen molar-refractivity contribution in [3.63, 3.8) is 0 Å². The molecular formula is C27H28N2O3. The lowest BCUT2D eigenvalue weighted by atomic mass is 9.81. The first-order chi connectivity index (χ1) is 15.1. The van der Waals surface area contributed by atoms with E-state index in [9.17, 15) is 14.7 Å². The number of phenols is 1. The second-order valence-corrected chi connectivity index (χ2v) is 9.52. The van der Waals surface area contributed by atoms with Crippen molar-refractivity contribution < 1.29 is 14.7 Å². The molecule has 3 N–H and O–H groups in total. The number of nitrogens with one attached hydrogen (secondary N) is 2. The zero-order chi connectivity index (χ0) is 23.2. The molecule has 0 radical (unpaired) electrons. The van der Waals surface area contributed by atoms with Gasteiger partial charge in [-0.2, -0.15) is 0 Å². The van der Waals surface area contributed by atoms with Crippen LogP contribution < -0.4 is 10.6 Å². The van der Waals surface area contributed by atoms with Gasteiger partial charge in [0.25, 0.3) is 0 Å². The van der Waals surface area contributed by atoms with Crippen molar-refractivity contribution in [2.75, 3.05) is 10.6 Å². The lowest BCUT2D eigenvalue weighted by Crippen LogP contribution is -2.25. The molecule has 164 valence electrons. The number of hydrogen-bond acceptors (Lipinski definition) is 5. The molecular weight excluding hydrogens is 400 g/mol. The molecule has 0 atom stereocenters. The minimum Gasteiger partial charge on any atom is -0.507 e. The lowest BCUT2D eigenvalue weighted by molar-refractivity contribution is 0.0978. The average Bonchev–Trinajstić information content (AvgIpc) is 2.72. The van der Waals surface area contributed by atoms with Gasteiger partial charge in [0.2, 0.25) is 0 Å². The Kier molecular flexibility index (Phi) is 5.29. The quantitative estimate of drug-likeness (QED) is 0.370. The Balaban J connectivity index is 1.85. The van der Waals surface area contributed by atoms with Gasteiger partial charge in [-0.3, -0.25) is 9.59 Å². The van der Waals surface area contributed by atoms with Crippen LogP contribution in [0.1, 0.15) is 72.0 Å². The molecule has 1 aliphatic carbocycles. The standard InChI is InChI=1S/C27H28N2O3/c1-15(2)28-19-13-14-20(29-17-11-9-16(10-12-17)27(3,4)5)24-23(19)25(31)18-7-6-8-21(30)22(18)26(24)32/h6-15,28-30H,1-5H3. The van der Waals surface area contributed by atoms with Crippen LogP contribution in [0, 0.1) is 0 Å². The molecule has 5 nitrogen and oxygen atoms in total. The summed E-state index contributed by atoms with van der Waals surface area (Å²) >= 11 is 0. The average molecular weight is 429 g/mol. The first-order valence-electron chi connectivity index (χ1n) is 10.8. The number of rotatable bonds is 4. The number of aromatic hydroxyl groups is 1. The topological polar surface area (TPSA) is 78.4 Å². The molecule has 3 aromatic rings. The third-order valence-electron chi connectivity index (χ3n) is 5.65. The highest BCUT2D eigenvalue weighted by Gasteiger charge is 2.36. The van der Waals surface area contributed by atoms with Crippen LogP contribution in [0.4, 0.5) is 17.1 Å². The van der Waals surface area contributed by atoms with Gasteiger partial charge in [0.05, 0.1) is 22.4 Å². The Labute approximate surface area is 188 Å². The highest BCUT2D eigenvalue weighted by atomic mass is 16.3. The normalized spacial score (nSPS) is 13.1. The van der Waals surface area contributed by atoms with Crippen LogP contribution in [0.3, 0.4) is 0 Å². The zero-order valence-corrected chi connectivity index (χ0v) is 19.0. The van der Waals surface area contributed by atoms with Crippen LogP contribution >= 0.6 is 0 Å². The zero-order valence-electron chi connectivity index (χ0n) is 19.0. The summed E-state index contributed by atoms with van der Waals surface area (Å²) in [5, 5.41) is 17.0. The highest BCUT2D eigenvalue weighted by molar-refractivity contribution is 6.32. The van der Waals surface area contributed by atoms with E-state index in [1.54, 1.807) is 18.2 Å². The maximum absolute atomic E-state index is 13.5. The third-order valence-corrected chi connectivity index (χ3v) is 5.65. The molecule has 3 aromatic carbocycles. The molecule has 1 aliphatic rings. The largest absolute Gasteiger partial charge is 0.507 e. The molecule has 0 aromatic heterocycles. The molecule has 5 heteroatoms. The summed E-state index contributed by atoms with van der Waals surface area (Å²) in [4.78, 5) is 27.0. The van der Waals surface area contributed by atoms with E-state index in [2.05, 4.69) is 43.5 Å². The van der Waals surface area contributed by atoms with Crippen LogP contribution in [0.25, 0.3) is 0 Å². The van der Waals surface area contributed by atoms with Crippen molar-refractivity contribution in [3.8, 4) is 5.75 Å². The summed E-state index contributed by atoms with van der Waals surface area (Å²) < 4.78 is 0. The van der Waals surface area contributed by atoms with E-state index >= 15 is 0 Å². The van der Waals surface area contributed by atoms with Gasteiger partial charge in [-0.15, -0.1) is 0 Å². The van der Waals surface area contributed by atoms with Crippen molar-refractivity contribution >= 4 is 28.6 Å². The minimum absolute atomic E-state index is 0.0332. The van der Waals surface area contributed by atoms with Crippen molar-refractivity contribution in [1.29, 1.82) is 0 Å². The monoisotopic (exact) mass is 428 g/mol. The third kappa shape index (κ3) is 3.75. The van der Waals surface area contributed by atoms with E-state index in [-0.39, 0.29) is 45.5 Å². The van der Waals surface area contributed by atoms with Crippen LogP contribution in [0.15, 0.2) is 54.6 Å². The van der Waals surface area contributed by atoms with Crippen molar-refractivity contribution in [1.82, 2.24) is 0 Å². The predicted molar refractivity (Wildman–Crippen MR) is 129 cm³/mol. The van der Waals surface area contributed by atoms with Gasteiger partial charge in [-0.05, 0) is 55.2 Å². The summed E-state index contributed by atoms with van der Waals surface area (Å²) in [6, 6.07) is 16.3. The van der Waals surface area contributed by atoms with E-state index in [0.717, 1.165) is 5.69 Å². The Morgan fingerprint density at radius 3 is 2.03 bits per heavy atom. The Hall–Kier alpha value is -3.60. The summed E-state index contributed by atoms with van der Waals surface area (Å²) in [5.41, 5.74) is 4.07. The number of carbonyl (C=O) groups is 2. The van der Waals surface area contributed by atoms with Crippen molar-refractivity contribution in [3.05, 3.63) is 82.4 Å². The van der Waals surface area contributed by atoms with Crippen LogP contribution in [0.2, 0.25) is 0 Å². The minimum atomic E-state index is -0.367. The van der Waals surface area contributed by atoms with Gasteiger partial charge in [0.1, 0.15) is 5.75 Å². The van der Waals surface area contributed by atoms with E-state index < -0.39 is 0 Å². The van der Waals surface area contributed by atoms with Gasteiger partial charge < -0.3 is 15.7 Å². The van der Waals surface area contributed by atoms with E-state index in [1.807, 2.05) is 32.0 Å². The van der Waals surface area contributed by atoms with Gasteiger partial charge in [0, 0.05) is 23.0 Å². The number of anilines is 3. The molecule has 0 unspecified atom stereocenters. The fourth-order valence-corrected chi connectivity index (χ4v) is 4.05. The smallest absolute Gasteiger partial charge is 0.200 e. The molecule has 32 heavy (non-hydrogen) atoms. The second-order valence-electron chi connectivity index (χ2n) is 9.52. The SMILES string of the molecule is CC(C)Nc1ccc(Nc2ccc(C(C)(C)C)cc2)c2c1C(=O)c1cccc(O)c1C2=O. The van der Waals surface area contributed by atoms with Crippen molar-refractivity contribution in [2.45, 2.75) is 46.1 Å². The summed E-state index contributed by atoms with van der Waals surface area (Å²) in [6.07, 6.45) is 0. The Morgan fingerprint density at radius 1 is 0.781 bits per heavy atom. The number of fused-ring (bicyclic) bond motifs is 2. The fraction of sp³-hybridized carbons (Fsp3) is 0.259. The van der Waals surface area contributed by atoms with E-state index in [4.69, 9.17) is 0 Å². The molecule has 0 fully saturated rings. The number of hydrogen-bond donors (Lipinski definition) is 3. The summed E-state index contributed by atoms with van der Waals surface area (Å²) in [5.74, 6) is -0.830. The van der Waals surface area contributed by atoms with Gasteiger partial charge in [-0.1, -0.05) is 45.0 Å². The maximum atomic E-state index is 13.5. The van der Waals surface area contributed by atoms with Gasteiger partial charge in [-0.25, -0.2) is 0 Å². The van der Waals surface area contributed by atoms with Crippen LogP contribution in [-0.4, -0.2) is 22.7 Å². The lowest BCUT2D eigenvalue weighted by Gasteiger charge is -2.25. The molecule has 0 heterocycles. The predicted octanol–water partition coefficient (Wildman–Crippen LogP) is 6.03. The summed E-state index contributed by atoms with van der Waals surface area (Å²) in [7, 11) is 0. The number of phenolic OH excluding ortho intramolecular Hbond substituents is 1. The molecule has 0 aliphatic heterocycles. The van der Waals surface area contributed by atoms with Crippen LogP contribution in [0.5, 0.6) is 5.75 Å². The second kappa shape index (κ2) is 7.83. The van der Waals surface area contributed by atoms with Crippen LogP contribution in [-0.2, 0) is 5.41 Å². The molecule has 0 saturated heterocycles. The fourth-order valence-electron chi connectivity index (χ4n) is 4.05. The Morgan fingerprint density at radius 2 is 1.41 bits per heavy atom. The number of carbonyl (C=O) groups excluding carboxylic acids is 2. The molecule has 0 saturated carbocycles. The Bertz CT molecular complexity index is 1220. The first-order valence-corrected chi connectivity index (χ1v) is 10.8. The first kappa shape index (κ1) is 21.6. The molecule has 4 rings (SSSR count). The van der Waals surface area contributed by atoms with Crippen molar-refractivity contribution in [2.24, 2.45) is 0 Å². The molecule has 0 amide bonds. The number of benzene rings is 3. The highest BCUT2D eigenvalue weighted by Crippen LogP contribution is 2.40. The number of ketones is 2. The van der Waals surface area contributed by atoms with Gasteiger partial charge >= 0.3 is 0 Å². The van der Waals surface area contributed by atoms with E-state index in [0.29, 0.717) is 16.9 Å².